The molecule has 4 heteroatoms. The Labute approximate surface area is 126 Å². The van der Waals surface area contributed by atoms with Crippen molar-refractivity contribution in [2.24, 2.45) is 10.2 Å². The van der Waals surface area contributed by atoms with Gasteiger partial charge in [-0.05, 0) is 36.1 Å². The van der Waals surface area contributed by atoms with Gasteiger partial charge in [-0.15, -0.1) is 10.2 Å². The van der Waals surface area contributed by atoms with Gasteiger partial charge < -0.3 is 0 Å². The summed E-state index contributed by atoms with van der Waals surface area (Å²) in [7, 11) is 0. The van der Waals surface area contributed by atoms with E-state index in [0.29, 0.717) is 5.56 Å². The van der Waals surface area contributed by atoms with Gasteiger partial charge in [0.25, 0.3) is 5.91 Å². The molecular weight excluding hydrogens is 274 g/mol. The van der Waals surface area contributed by atoms with Gasteiger partial charge in [-0.3, -0.25) is 9.78 Å². The predicted octanol–water partition coefficient (Wildman–Crippen LogP) is 4.24. The number of aryl methyl sites for hydroxylation is 2. The number of aromatic nitrogens is 1. The molecule has 3 aromatic rings. The van der Waals surface area contributed by atoms with Crippen molar-refractivity contribution in [1.29, 1.82) is 0 Å². The summed E-state index contributed by atoms with van der Waals surface area (Å²) in [4.78, 5) is 16.8. The lowest BCUT2D eigenvalue weighted by Crippen LogP contribution is -2.09. The summed E-state index contributed by atoms with van der Waals surface area (Å²) < 4.78 is 0. The van der Waals surface area contributed by atoms with Crippen LogP contribution >= 0.6 is 0 Å². The summed E-state index contributed by atoms with van der Waals surface area (Å²) >= 11 is 0. The lowest BCUT2D eigenvalue weighted by molar-refractivity contribution is 0.0995. The molecule has 1 aromatic heterocycles. The normalized spacial score (nSPS) is 14.8. The second-order valence-corrected chi connectivity index (χ2v) is 5.64. The number of amides is 1. The van der Waals surface area contributed by atoms with E-state index in [2.05, 4.69) is 28.4 Å². The maximum Gasteiger partial charge on any atom is 0.296 e. The first kappa shape index (κ1) is 11.7. The van der Waals surface area contributed by atoms with Crippen LogP contribution in [0.3, 0.4) is 0 Å². The third kappa shape index (κ3) is 1.41. The van der Waals surface area contributed by atoms with Gasteiger partial charge in [-0.2, -0.15) is 0 Å². The van der Waals surface area contributed by atoms with E-state index < -0.39 is 0 Å². The van der Waals surface area contributed by atoms with Crippen LogP contribution in [0.2, 0.25) is 0 Å². The fourth-order valence-corrected chi connectivity index (χ4v) is 3.47. The molecule has 0 spiro atoms. The fraction of sp³-hybridized carbons (Fsp3) is 0.111. The van der Waals surface area contributed by atoms with Gasteiger partial charge in [0.2, 0.25) is 0 Å². The minimum absolute atomic E-state index is 0.288. The average molecular weight is 285 g/mol. The van der Waals surface area contributed by atoms with Gasteiger partial charge in [0.15, 0.2) is 0 Å². The highest BCUT2D eigenvalue weighted by Crippen LogP contribution is 2.45. The second-order valence-electron chi connectivity index (χ2n) is 5.64. The van der Waals surface area contributed by atoms with Crippen LogP contribution in [0.25, 0.3) is 22.0 Å². The number of fused-ring (bicyclic) bond motifs is 4. The predicted molar refractivity (Wildman–Crippen MR) is 83.4 cm³/mol. The second kappa shape index (κ2) is 4.07. The summed E-state index contributed by atoms with van der Waals surface area (Å²) in [6.45, 7) is 0. The summed E-state index contributed by atoms with van der Waals surface area (Å²) in [6, 6.07) is 13.9. The molecule has 0 saturated heterocycles. The SMILES string of the molecule is O=C1N=Nc2c3c(nc4cccc1c24)CCc1ccccc1-3. The van der Waals surface area contributed by atoms with Crippen LogP contribution in [0.15, 0.2) is 52.7 Å². The Morgan fingerprint density at radius 1 is 0.864 bits per heavy atom. The van der Waals surface area contributed by atoms with Crippen LogP contribution in [0.1, 0.15) is 21.6 Å². The Morgan fingerprint density at radius 2 is 1.73 bits per heavy atom. The number of hydrogen-bond acceptors (Lipinski definition) is 3. The fourth-order valence-electron chi connectivity index (χ4n) is 3.47. The van der Waals surface area contributed by atoms with Gasteiger partial charge in [-0.25, -0.2) is 0 Å². The molecule has 2 aromatic carbocycles. The monoisotopic (exact) mass is 285 g/mol. The van der Waals surface area contributed by atoms with Crippen molar-refractivity contribution in [1.82, 2.24) is 4.98 Å². The molecule has 22 heavy (non-hydrogen) atoms. The number of carbonyl (C=O) groups excluding carboxylic acids is 1. The van der Waals surface area contributed by atoms with Crippen LogP contribution in [0.5, 0.6) is 0 Å². The number of nitrogens with zero attached hydrogens (tertiary/aromatic N) is 3. The third-order valence-corrected chi connectivity index (χ3v) is 4.45. The van der Waals surface area contributed by atoms with Gasteiger partial charge in [0.1, 0.15) is 5.69 Å². The third-order valence-electron chi connectivity index (χ3n) is 4.45. The Bertz CT molecular complexity index is 1000. The van der Waals surface area contributed by atoms with Crippen molar-refractivity contribution in [3.05, 3.63) is 59.3 Å². The van der Waals surface area contributed by atoms with Gasteiger partial charge in [-0.1, -0.05) is 30.3 Å². The van der Waals surface area contributed by atoms with Crippen LogP contribution in [0, 0.1) is 0 Å². The molecule has 0 radical (unpaired) electrons. The molecule has 0 saturated carbocycles. The Balaban J connectivity index is 1.98. The van der Waals surface area contributed by atoms with Crippen molar-refractivity contribution in [3.8, 4) is 11.1 Å². The maximum atomic E-state index is 12.0. The lowest BCUT2D eigenvalue weighted by atomic mass is 9.86. The molecular formula is C18H11N3O. The molecule has 5 rings (SSSR count). The Hall–Kier alpha value is -2.88. The number of carbonyl (C=O) groups is 1. The highest BCUT2D eigenvalue weighted by Gasteiger charge is 2.27. The largest absolute Gasteiger partial charge is 0.296 e. The van der Waals surface area contributed by atoms with E-state index in [4.69, 9.17) is 4.98 Å². The first-order chi connectivity index (χ1) is 10.8. The lowest BCUT2D eigenvalue weighted by Gasteiger charge is -2.23. The van der Waals surface area contributed by atoms with Gasteiger partial charge in [0, 0.05) is 10.9 Å². The zero-order valence-electron chi connectivity index (χ0n) is 11.7. The van der Waals surface area contributed by atoms with Gasteiger partial charge in [0.05, 0.1) is 16.8 Å². The topological polar surface area (TPSA) is 54.7 Å². The molecule has 0 bridgehead atoms. The molecule has 4 nitrogen and oxygen atoms in total. The van der Waals surface area contributed by atoms with Crippen molar-refractivity contribution < 1.29 is 4.79 Å². The van der Waals surface area contributed by atoms with Crippen molar-refractivity contribution in [2.45, 2.75) is 12.8 Å². The first-order valence-corrected chi connectivity index (χ1v) is 7.33. The van der Waals surface area contributed by atoms with E-state index in [9.17, 15) is 4.79 Å². The van der Waals surface area contributed by atoms with E-state index in [-0.39, 0.29) is 5.91 Å². The molecule has 1 aliphatic carbocycles. The van der Waals surface area contributed by atoms with Crippen LogP contribution in [-0.4, -0.2) is 10.9 Å². The van der Waals surface area contributed by atoms with E-state index in [1.807, 2.05) is 18.2 Å². The van der Waals surface area contributed by atoms with Crippen LogP contribution in [0.4, 0.5) is 5.69 Å². The van der Waals surface area contributed by atoms with Crippen LogP contribution in [-0.2, 0) is 12.8 Å². The summed E-state index contributed by atoms with van der Waals surface area (Å²) in [5, 5.41) is 8.91. The molecule has 0 fully saturated rings. The summed E-state index contributed by atoms with van der Waals surface area (Å²) in [5.74, 6) is -0.288. The van der Waals surface area contributed by atoms with E-state index >= 15 is 0 Å². The Kier molecular flexibility index (Phi) is 2.17. The zero-order valence-corrected chi connectivity index (χ0v) is 11.7. The molecule has 1 aliphatic heterocycles. The standard InChI is InChI=1S/C18H11N3O/c22-18-12-6-3-7-13-16(12)17(20-21-18)15-11-5-2-1-4-10(11)8-9-14(15)19-13/h1-7H,8-9H2. The van der Waals surface area contributed by atoms with Crippen molar-refractivity contribution in [3.63, 3.8) is 0 Å². The maximum absolute atomic E-state index is 12.0. The first-order valence-electron chi connectivity index (χ1n) is 7.33. The molecule has 2 aliphatic rings. The zero-order chi connectivity index (χ0) is 14.7. The Morgan fingerprint density at radius 3 is 2.68 bits per heavy atom. The van der Waals surface area contributed by atoms with E-state index in [1.54, 1.807) is 6.07 Å². The number of rotatable bonds is 0. The number of benzene rings is 2. The van der Waals surface area contributed by atoms with Crippen molar-refractivity contribution >= 4 is 22.5 Å². The molecule has 1 amide bonds. The highest BCUT2D eigenvalue weighted by molar-refractivity contribution is 6.14. The molecule has 2 heterocycles. The van der Waals surface area contributed by atoms with Gasteiger partial charge >= 0.3 is 0 Å². The minimum Gasteiger partial charge on any atom is -0.265 e. The quantitative estimate of drug-likeness (QED) is 0.620. The number of pyridine rings is 1. The minimum atomic E-state index is -0.288. The van der Waals surface area contributed by atoms with Crippen LogP contribution < -0.4 is 0 Å². The smallest absolute Gasteiger partial charge is 0.265 e. The summed E-state index contributed by atoms with van der Waals surface area (Å²) in [5.41, 5.74) is 6.78. The summed E-state index contributed by atoms with van der Waals surface area (Å²) in [6.07, 6.45) is 1.87. The van der Waals surface area contributed by atoms with E-state index in [1.165, 1.54) is 5.56 Å². The average Bonchev–Trinajstić information content (AvgIpc) is 2.57. The molecule has 104 valence electrons. The number of azo groups is 1. The molecule has 0 atom stereocenters. The molecule has 0 unspecified atom stereocenters. The molecule has 0 N–H and O–H groups in total. The van der Waals surface area contributed by atoms with Crippen molar-refractivity contribution in [2.75, 3.05) is 0 Å². The number of hydrogen-bond donors (Lipinski definition) is 0. The van der Waals surface area contributed by atoms with E-state index in [0.717, 1.165) is 46.3 Å². The highest BCUT2D eigenvalue weighted by atomic mass is 16.1.